The maximum Gasteiger partial charge on any atom is 0.183 e. The second-order valence-electron chi connectivity index (χ2n) is 4.32. The molecule has 0 fully saturated rings. The molecule has 17 heavy (non-hydrogen) atoms. The zero-order valence-electron chi connectivity index (χ0n) is 10.8. The molecule has 2 nitrogen and oxygen atoms in total. The topological polar surface area (TPSA) is 24.9 Å². The minimum absolute atomic E-state index is 0.916. The van der Waals surface area contributed by atoms with Crippen LogP contribution in [-0.4, -0.2) is 11.5 Å². The number of benzene rings is 1. The van der Waals surface area contributed by atoms with Crippen molar-refractivity contribution in [2.24, 2.45) is 0 Å². The molecule has 1 aromatic carbocycles. The highest BCUT2D eigenvalue weighted by atomic mass is 32.1. The van der Waals surface area contributed by atoms with Crippen molar-refractivity contribution in [1.82, 2.24) is 4.98 Å². The Morgan fingerprint density at radius 1 is 1.12 bits per heavy atom. The number of aryl methyl sites for hydroxylation is 3. The van der Waals surface area contributed by atoms with Crippen molar-refractivity contribution in [1.29, 1.82) is 0 Å². The van der Waals surface area contributed by atoms with Gasteiger partial charge >= 0.3 is 0 Å². The molecule has 0 radical (unpaired) electrons. The number of nitrogens with one attached hydrogen (secondary N) is 1. The zero-order valence-corrected chi connectivity index (χ0v) is 11.6. The van der Waals surface area contributed by atoms with E-state index >= 15 is 0 Å². The Balaban J connectivity index is 2.41. The summed E-state index contributed by atoms with van der Waals surface area (Å²) in [5, 5.41) is 6.37. The molecule has 2 aromatic rings. The molecule has 0 atom stereocenters. The summed E-state index contributed by atoms with van der Waals surface area (Å²) >= 11 is 1.67. The van der Waals surface area contributed by atoms with Crippen LogP contribution in [0.15, 0.2) is 17.5 Å². The lowest BCUT2D eigenvalue weighted by Crippen LogP contribution is -1.95. The summed E-state index contributed by atoms with van der Waals surface area (Å²) in [4.78, 5) is 4.61. The lowest BCUT2D eigenvalue weighted by atomic mass is 9.99. The summed E-state index contributed by atoms with van der Waals surface area (Å²) < 4.78 is 0. The number of hydrogen-bond acceptors (Lipinski definition) is 3. The van der Waals surface area contributed by atoms with E-state index in [0.717, 1.165) is 17.4 Å². The summed E-state index contributed by atoms with van der Waals surface area (Å²) in [7, 11) is 0. The first-order chi connectivity index (χ1) is 8.11. The molecule has 1 N–H and O–H groups in total. The van der Waals surface area contributed by atoms with Gasteiger partial charge < -0.3 is 5.32 Å². The molecule has 0 saturated carbocycles. The van der Waals surface area contributed by atoms with Crippen molar-refractivity contribution in [2.75, 3.05) is 11.9 Å². The van der Waals surface area contributed by atoms with Crippen molar-refractivity contribution >= 4 is 16.5 Å². The zero-order chi connectivity index (χ0) is 12.4. The molecule has 0 spiro atoms. The van der Waals surface area contributed by atoms with Crippen LogP contribution in [0.4, 0.5) is 5.13 Å². The quantitative estimate of drug-likeness (QED) is 0.879. The minimum atomic E-state index is 0.916. The Bertz CT molecular complexity index is 529. The van der Waals surface area contributed by atoms with Gasteiger partial charge in [0.1, 0.15) is 0 Å². The fourth-order valence-corrected chi connectivity index (χ4v) is 2.65. The predicted octanol–water partition coefficient (Wildman–Crippen LogP) is 4.17. The van der Waals surface area contributed by atoms with E-state index < -0.39 is 0 Å². The van der Waals surface area contributed by atoms with Crippen molar-refractivity contribution in [2.45, 2.75) is 27.7 Å². The van der Waals surface area contributed by atoms with E-state index in [0.29, 0.717) is 0 Å². The second-order valence-corrected chi connectivity index (χ2v) is 5.18. The molecule has 0 aliphatic heterocycles. The average molecular weight is 246 g/mol. The molecule has 0 aliphatic rings. The van der Waals surface area contributed by atoms with E-state index in [1.807, 2.05) is 0 Å². The van der Waals surface area contributed by atoms with Crippen molar-refractivity contribution in [3.63, 3.8) is 0 Å². The van der Waals surface area contributed by atoms with E-state index in [4.69, 9.17) is 0 Å². The summed E-state index contributed by atoms with van der Waals surface area (Å²) in [6.45, 7) is 9.45. The van der Waals surface area contributed by atoms with Crippen LogP contribution in [-0.2, 0) is 0 Å². The lowest BCUT2D eigenvalue weighted by Gasteiger charge is -2.07. The molecule has 0 amide bonds. The molecule has 2 rings (SSSR count). The summed E-state index contributed by atoms with van der Waals surface area (Å²) in [6.07, 6.45) is 0. The van der Waals surface area contributed by atoms with Crippen molar-refractivity contribution in [3.8, 4) is 11.3 Å². The van der Waals surface area contributed by atoms with Gasteiger partial charge in [0.05, 0.1) is 5.69 Å². The molecule has 3 heteroatoms. The van der Waals surface area contributed by atoms with Crippen molar-refractivity contribution in [3.05, 3.63) is 34.2 Å². The number of aromatic nitrogens is 1. The molecule has 1 aromatic heterocycles. The van der Waals surface area contributed by atoms with Crippen LogP contribution in [0.5, 0.6) is 0 Å². The molecule has 0 saturated heterocycles. The van der Waals surface area contributed by atoms with Crippen molar-refractivity contribution < 1.29 is 0 Å². The Hall–Kier alpha value is -1.35. The third-order valence-corrected chi connectivity index (χ3v) is 3.75. The minimum Gasteiger partial charge on any atom is -0.362 e. The van der Waals surface area contributed by atoms with E-state index in [1.165, 1.54) is 22.3 Å². The van der Waals surface area contributed by atoms with Crippen LogP contribution in [0.25, 0.3) is 11.3 Å². The largest absolute Gasteiger partial charge is 0.362 e. The fraction of sp³-hybridized carbons (Fsp3) is 0.357. The van der Waals surface area contributed by atoms with Gasteiger partial charge in [0.2, 0.25) is 0 Å². The molecule has 90 valence electrons. The third-order valence-electron chi connectivity index (χ3n) is 2.95. The Kier molecular flexibility index (Phi) is 3.48. The molecule has 0 aliphatic carbocycles. The van der Waals surface area contributed by atoms with E-state index in [-0.39, 0.29) is 0 Å². The van der Waals surface area contributed by atoms with Gasteiger partial charge in [-0.3, -0.25) is 0 Å². The fourth-order valence-electron chi connectivity index (χ4n) is 1.87. The highest BCUT2D eigenvalue weighted by Gasteiger charge is 2.08. The van der Waals surface area contributed by atoms with E-state index in [2.05, 4.69) is 55.5 Å². The highest BCUT2D eigenvalue weighted by Crippen LogP contribution is 2.29. The Labute approximate surface area is 107 Å². The number of nitrogens with zero attached hydrogens (tertiary/aromatic N) is 1. The SMILES string of the molecule is CCNc1nc(-c2cc(C)c(C)cc2C)cs1. The molecule has 0 unspecified atom stereocenters. The normalized spacial score (nSPS) is 10.6. The van der Waals surface area contributed by atoms with Gasteiger partial charge in [0.25, 0.3) is 0 Å². The first-order valence-corrected chi connectivity index (χ1v) is 6.77. The van der Waals surface area contributed by atoms with Crippen LogP contribution < -0.4 is 5.32 Å². The standard InChI is InChI=1S/C14H18N2S/c1-5-15-14-16-13(8-17-14)12-7-10(3)9(2)6-11(12)4/h6-8H,5H2,1-4H3,(H,15,16). The average Bonchev–Trinajstić information content (AvgIpc) is 2.72. The number of anilines is 1. The van der Waals surface area contributed by atoms with Crippen LogP contribution in [0.1, 0.15) is 23.6 Å². The van der Waals surface area contributed by atoms with Gasteiger partial charge in [0.15, 0.2) is 5.13 Å². The van der Waals surface area contributed by atoms with E-state index in [9.17, 15) is 0 Å². The van der Waals surface area contributed by atoms with Gasteiger partial charge in [-0.05, 0) is 50.5 Å². The predicted molar refractivity (Wildman–Crippen MR) is 75.9 cm³/mol. The lowest BCUT2D eigenvalue weighted by molar-refractivity contribution is 1.19. The number of rotatable bonds is 3. The number of hydrogen-bond donors (Lipinski definition) is 1. The van der Waals surface area contributed by atoms with Crippen LogP contribution >= 0.6 is 11.3 Å². The van der Waals surface area contributed by atoms with Gasteiger partial charge in [0, 0.05) is 17.5 Å². The summed E-state index contributed by atoms with van der Waals surface area (Å²) in [5.41, 5.74) is 6.28. The monoisotopic (exact) mass is 246 g/mol. The first kappa shape index (κ1) is 12.1. The van der Waals surface area contributed by atoms with Crippen LogP contribution in [0.2, 0.25) is 0 Å². The molecular weight excluding hydrogens is 228 g/mol. The van der Waals surface area contributed by atoms with Gasteiger partial charge in [-0.2, -0.15) is 0 Å². The molecule has 1 heterocycles. The summed E-state index contributed by atoms with van der Waals surface area (Å²) in [6, 6.07) is 4.46. The van der Waals surface area contributed by atoms with Gasteiger partial charge in [-0.1, -0.05) is 6.07 Å². The maximum absolute atomic E-state index is 4.61. The van der Waals surface area contributed by atoms with Gasteiger partial charge in [-0.25, -0.2) is 4.98 Å². The summed E-state index contributed by atoms with van der Waals surface area (Å²) in [5.74, 6) is 0. The van der Waals surface area contributed by atoms with E-state index in [1.54, 1.807) is 11.3 Å². The molecular formula is C14H18N2S. The Morgan fingerprint density at radius 3 is 2.53 bits per heavy atom. The van der Waals surface area contributed by atoms with Crippen LogP contribution in [0, 0.1) is 20.8 Å². The Morgan fingerprint density at radius 2 is 1.82 bits per heavy atom. The first-order valence-electron chi connectivity index (χ1n) is 5.89. The van der Waals surface area contributed by atoms with Crippen LogP contribution in [0.3, 0.4) is 0 Å². The number of thiazole rings is 1. The smallest absolute Gasteiger partial charge is 0.183 e. The second kappa shape index (κ2) is 4.88. The highest BCUT2D eigenvalue weighted by molar-refractivity contribution is 7.14. The molecule has 0 bridgehead atoms. The third kappa shape index (κ3) is 2.50. The van der Waals surface area contributed by atoms with Gasteiger partial charge in [-0.15, -0.1) is 11.3 Å². The maximum atomic E-state index is 4.61.